The van der Waals surface area contributed by atoms with Crippen LogP contribution in [0.15, 0.2) is 0 Å². The molecule has 15 heavy (non-hydrogen) atoms. The molecule has 0 amide bonds. The number of rotatable bonds is 1. The van der Waals surface area contributed by atoms with Gasteiger partial charge in [0, 0.05) is 19.7 Å². The summed E-state index contributed by atoms with van der Waals surface area (Å²) >= 11 is 0. The van der Waals surface area contributed by atoms with Crippen molar-refractivity contribution in [3.05, 3.63) is 0 Å². The lowest BCUT2D eigenvalue weighted by atomic mass is 9.96. The van der Waals surface area contributed by atoms with Gasteiger partial charge in [0.2, 0.25) is 0 Å². The normalized spacial score (nSPS) is 35.0. The van der Waals surface area contributed by atoms with Gasteiger partial charge in [0.1, 0.15) is 0 Å². The monoisotopic (exact) mass is 213 g/mol. The Morgan fingerprint density at radius 2 is 2.00 bits per heavy atom. The molecule has 2 heterocycles. The molecule has 0 N–H and O–H groups in total. The molecular weight excluding hydrogens is 190 g/mol. The molecule has 0 aromatic rings. The first-order chi connectivity index (χ1) is 7.40. The van der Waals surface area contributed by atoms with Crippen molar-refractivity contribution in [2.45, 2.75) is 57.1 Å². The highest BCUT2D eigenvalue weighted by Crippen LogP contribution is 2.25. The largest absolute Gasteiger partial charge is 0.381 e. The van der Waals surface area contributed by atoms with Crippen LogP contribution in [0.1, 0.15) is 44.9 Å². The quantitative estimate of drug-likeness (QED) is 0.667. The molecule has 3 nitrogen and oxygen atoms in total. The Hall–Kier alpha value is -0.120. The standard InChI is InChI=1S/C12H23NO2/c1-14-12-7-8-13-11(10-12)6-4-2-3-5-9-15-13/h11-12H,2-10H2,1H3. The molecule has 3 heteroatoms. The molecule has 2 saturated heterocycles. The fourth-order valence-corrected chi connectivity index (χ4v) is 2.66. The minimum atomic E-state index is 0.454. The van der Waals surface area contributed by atoms with Gasteiger partial charge in [-0.1, -0.05) is 19.3 Å². The molecule has 0 bridgehead atoms. The van der Waals surface area contributed by atoms with Crippen molar-refractivity contribution in [2.75, 3.05) is 20.3 Å². The third-order valence-electron chi connectivity index (χ3n) is 3.64. The first-order valence-electron chi connectivity index (χ1n) is 6.32. The van der Waals surface area contributed by atoms with Crippen LogP contribution < -0.4 is 0 Å². The Morgan fingerprint density at radius 1 is 1.13 bits per heavy atom. The van der Waals surface area contributed by atoms with Crippen molar-refractivity contribution in [1.29, 1.82) is 0 Å². The van der Waals surface area contributed by atoms with E-state index in [-0.39, 0.29) is 0 Å². The molecule has 0 aromatic carbocycles. The van der Waals surface area contributed by atoms with Gasteiger partial charge in [-0.3, -0.25) is 4.84 Å². The summed E-state index contributed by atoms with van der Waals surface area (Å²) in [6.45, 7) is 1.96. The van der Waals surface area contributed by atoms with E-state index >= 15 is 0 Å². The molecule has 2 rings (SSSR count). The Kier molecular flexibility index (Phi) is 4.42. The van der Waals surface area contributed by atoms with E-state index in [0.717, 1.165) is 26.0 Å². The van der Waals surface area contributed by atoms with Gasteiger partial charge in [-0.2, -0.15) is 5.06 Å². The SMILES string of the molecule is COC1CCN2OCCCCCCC2C1. The summed E-state index contributed by atoms with van der Waals surface area (Å²) in [5.74, 6) is 0. The highest BCUT2D eigenvalue weighted by Gasteiger charge is 2.29. The van der Waals surface area contributed by atoms with E-state index in [9.17, 15) is 0 Å². The van der Waals surface area contributed by atoms with Crippen LogP contribution in [0.4, 0.5) is 0 Å². The van der Waals surface area contributed by atoms with Gasteiger partial charge >= 0.3 is 0 Å². The lowest BCUT2D eigenvalue weighted by Crippen LogP contribution is -2.44. The summed E-state index contributed by atoms with van der Waals surface area (Å²) in [5.41, 5.74) is 0. The van der Waals surface area contributed by atoms with Crippen LogP contribution in [-0.2, 0) is 9.57 Å². The van der Waals surface area contributed by atoms with E-state index in [1.807, 2.05) is 7.11 Å². The Labute approximate surface area is 92.7 Å². The van der Waals surface area contributed by atoms with Gasteiger partial charge in [-0.25, -0.2) is 0 Å². The van der Waals surface area contributed by atoms with Crippen molar-refractivity contribution >= 4 is 0 Å². The molecule has 2 fully saturated rings. The first-order valence-corrected chi connectivity index (χ1v) is 6.32. The molecule has 88 valence electrons. The minimum absolute atomic E-state index is 0.454. The van der Waals surface area contributed by atoms with Gasteiger partial charge in [0.25, 0.3) is 0 Å². The highest BCUT2D eigenvalue weighted by molar-refractivity contribution is 4.78. The van der Waals surface area contributed by atoms with Crippen molar-refractivity contribution in [2.24, 2.45) is 0 Å². The van der Waals surface area contributed by atoms with Crippen molar-refractivity contribution in [3.8, 4) is 0 Å². The molecule has 2 atom stereocenters. The van der Waals surface area contributed by atoms with E-state index in [4.69, 9.17) is 9.57 Å². The Balaban J connectivity index is 1.89. The zero-order valence-corrected chi connectivity index (χ0v) is 9.78. The van der Waals surface area contributed by atoms with E-state index in [1.54, 1.807) is 0 Å². The molecule has 2 aliphatic heterocycles. The average molecular weight is 213 g/mol. The second-order valence-electron chi connectivity index (χ2n) is 4.71. The average Bonchev–Trinajstić information content (AvgIpc) is 2.39. The van der Waals surface area contributed by atoms with Gasteiger partial charge in [0.05, 0.1) is 12.7 Å². The molecule has 0 aromatic heterocycles. The van der Waals surface area contributed by atoms with Crippen molar-refractivity contribution in [3.63, 3.8) is 0 Å². The topological polar surface area (TPSA) is 21.7 Å². The first kappa shape index (κ1) is 11.4. The number of nitrogens with zero attached hydrogens (tertiary/aromatic N) is 1. The third kappa shape index (κ3) is 3.16. The molecule has 0 saturated carbocycles. The predicted octanol–water partition coefficient (Wildman–Crippen LogP) is 2.36. The summed E-state index contributed by atoms with van der Waals surface area (Å²) in [7, 11) is 1.83. The van der Waals surface area contributed by atoms with Crippen LogP contribution in [0.3, 0.4) is 0 Å². The van der Waals surface area contributed by atoms with Gasteiger partial charge < -0.3 is 4.74 Å². The van der Waals surface area contributed by atoms with Crippen LogP contribution in [0.2, 0.25) is 0 Å². The van der Waals surface area contributed by atoms with E-state index < -0.39 is 0 Å². The second kappa shape index (κ2) is 5.83. The van der Waals surface area contributed by atoms with Crippen molar-refractivity contribution in [1.82, 2.24) is 5.06 Å². The third-order valence-corrected chi connectivity index (χ3v) is 3.64. The molecule has 0 aliphatic carbocycles. The van der Waals surface area contributed by atoms with E-state index in [1.165, 1.54) is 32.1 Å². The van der Waals surface area contributed by atoms with Crippen LogP contribution in [0.5, 0.6) is 0 Å². The highest BCUT2D eigenvalue weighted by atomic mass is 16.7. The fraction of sp³-hybridized carbons (Fsp3) is 1.00. The summed E-state index contributed by atoms with van der Waals surface area (Å²) < 4.78 is 5.46. The Morgan fingerprint density at radius 3 is 2.87 bits per heavy atom. The lowest BCUT2D eigenvalue weighted by molar-refractivity contribution is -0.211. The maximum Gasteiger partial charge on any atom is 0.0685 e. The van der Waals surface area contributed by atoms with Crippen LogP contribution in [0, 0.1) is 0 Å². The number of piperidine rings is 1. The molecule has 2 aliphatic rings. The number of methoxy groups -OCH3 is 1. The minimum Gasteiger partial charge on any atom is -0.381 e. The number of fused-ring (bicyclic) bond motifs is 1. The summed E-state index contributed by atoms with van der Waals surface area (Å²) in [6, 6.07) is 0.599. The maximum atomic E-state index is 5.84. The number of hydrogen-bond donors (Lipinski definition) is 0. The lowest BCUT2D eigenvalue weighted by Gasteiger charge is -2.37. The smallest absolute Gasteiger partial charge is 0.0685 e. The van der Waals surface area contributed by atoms with E-state index in [2.05, 4.69) is 5.06 Å². The van der Waals surface area contributed by atoms with Gasteiger partial charge in [0.15, 0.2) is 0 Å². The van der Waals surface area contributed by atoms with E-state index in [0.29, 0.717) is 12.1 Å². The fourth-order valence-electron chi connectivity index (χ4n) is 2.66. The number of hydroxylamine groups is 2. The zero-order valence-electron chi connectivity index (χ0n) is 9.78. The van der Waals surface area contributed by atoms with Gasteiger partial charge in [-0.05, 0) is 25.7 Å². The molecule has 0 radical (unpaired) electrons. The Bertz CT molecular complexity index is 186. The molecule has 2 unspecified atom stereocenters. The summed E-state index contributed by atoms with van der Waals surface area (Å²) in [4.78, 5) is 5.84. The molecular formula is C12H23NO2. The summed E-state index contributed by atoms with van der Waals surface area (Å²) in [5, 5.41) is 2.22. The second-order valence-corrected chi connectivity index (χ2v) is 4.71. The predicted molar refractivity (Wildman–Crippen MR) is 59.6 cm³/mol. The maximum absolute atomic E-state index is 5.84. The van der Waals surface area contributed by atoms with Crippen LogP contribution >= 0.6 is 0 Å². The zero-order chi connectivity index (χ0) is 10.5. The van der Waals surface area contributed by atoms with Crippen LogP contribution in [-0.4, -0.2) is 37.5 Å². The van der Waals surface area contributed by atoms with Crippen molar-refractivity contribution < 1.29 is 9.57 Å². The number of ether oxygens (including phenoxy) is 1. The molecule has 0 spiro atoms. The van der Waals surface area contributed by atoms with Crippen LogP contribution in [0.25, 0.3) is 0 Å². The summed E-state index contributed by atoms with van der Waals surface area (Å²) in [6.07, 6.45) is 9.26. The number of hydrogen-bond acceptors (Lipinski definition) is 3. The van der Waals surface area contributed by atoms with Gasteiger partial charge in [-0.15, -0.1) is 0 Å².